The molecule has 0 aromatic carbocycles. The molecule has 0 saturated carbocycles. The van der Waals surface area contributed by atoms with E-state index in [0.717, 1.165) is 38.5 Å². The average molecular weight is 255 g/mol. The van der Waals surface area contributed by atoms with Crippen molar-refractivity contribution >= 4 is 11.3 Å². The van der Waals surface area contributed by atoms with E-state index in [4.69, 9.17) is 4.74 Å². The minimum Gasteiger partial charge on any atom is -0.371 e. The first-order chi connectivity index (χ1) is 8.09. The first-order valence-corrected chi connectivity index (χ1v) is 6.89. The second-order valence-corrected chi connectivity index (χ2v) is 5.94. The Morgan fingerprint density at radius 2 is 2.35 bits per heavy atom. The predicted octanol–water partition coefficient (Wildman–Crippen LogP) is 1.26. The Morgan fingerprint density at radius 1 is 1.59 bits per heavy atom. The van der Waals surface area contributed by atoms with Crippen molar-refractivity contribution in [2.45, 2.75) is 26.0 Å². The second-order valence-electron chi connectivity index (χ2n) is 5.00. The van der Waals surface area contributed by atoms with Gasteiger partial charge in [0.15, 0.2) is 0 Å². The summed E-state index contributed by atoms with van der Waals surface area (Å²) in [4.78, 5) is 7.90. The molecule has 96 valence electrons. The highest BCUT2D eigenvalue weighted by Gasteiger charge is 2.32. The number of hydrogen-bond acceptors (Lipinski definition) is 5. The molecule has 0 radical (unpaired) electrons. The molecule has 1 saturated heterocycles. The third-order valence-corrected chi connectivity index (χ3v) is 4.10. The van der Waals surface area contributed by atoms with Crippen LogP contribution in [0.1, 0.15) is 17.5 Å². The molecule has 1 aromatic rings. The number of hydrogen-bond donors (Lipinski definition) is 1. The van der Waals surface area contributed by atoms with Crippen LogP contribution in [-0.2, 0) is 11.3 Å². The molecule has 2 rings (SSSR count). The topological polar surface area (TPSA) is 37.4 Å². The van der Waals surface area contributed by atoms with E-state index in [2.05, 4.69) is 36.1 Å². The van der Waals surface area contributed by atoms with Gasteiger partial charge in [-0.2, -0.15) is 0 Å². The highest BCUT2D eigenvalue weighted by atomic mass is 32.1. The molecule has 4 nitrogen and oxygen atoms in total. The highest BCUT2D eigenvalue weighted by molar-refractivity contribution is 7.09. The Morgan fingerprint density at radius 3 is 2.88 bits per heavy atom. The molecular weight excluding hydrogens is 234 g/mol. The smallest absolute Gasteiger partial charge is 0.0902 e. The van der Waals surface area contributed by atoms with Gasteiger partial charge in [0.05, 0.1) is 23.4 Å². The lowest BCUT2D eigenvalue weighted by Gasteiger charge is -2.39. The van der Waals surface area contributed by atoms with Crippen LogP contribution in [0.25, 0.3) is 0 Å². The quantitative estimate of drug-likeness (QED) is 0.830. The fraction of sp³-hybridized carbons (Fsp3) is 0.750. The van der Waals surface area contributed by atoms with Crippen molar-refractivity contribution in [1.29, 1.82) is 0 Å². The standard InChI is InChI=1S/C12H21N3OS/c1-10-11(17-9-14-10)6-15(3)4-5-16-12(2)7-13-8-12/h9,13H,4-8H2,1-3H3. The first kappa shape index (κ1) is 13.0. The minimum atomic E-state index is 0.0707. The molecule has 0 atom stereocenters. The second kappa shape index (κ2) is 5.44. The average Bonchev–Trinajstić information content (AvgIpc) is 2.62. The van der Waals surface area contributed by atoms with E-state index in [1.165, 1.54) is 4.88 Å². The molecular formula is C12H21N3OS. The Balaban J connectivity index is 1.67. The van der Waals surface area contributed by atoms with Crippen molar-refractivity contribution in [3.05, 3.63) is 16.1 Å². The molecule has 17 heavy (non-hydrogen) atoms. The molecule has 1 N–H and O–H groups in total. The first-order valence-electron chi connectivity index (χ1n) is 6.01. The molecule has 0 spiro atoms. The fourth-order valence-electron chi connectivity index (χ4n) is 1.83. The molecule has 0 aliphatic carbocycles. The number of nitrogens with one attached hydrogen (secondary N) is 1. The van der Waals surface area contributed by atoms with Gasteiger partial charge >= 0.3 is 0 Å². The fourth-order valence-corrected chi connectivity index (χ4v) is 2.69. The molecule has 0 bridgehead atoms. The Labute approximate surface area is 107 Å². The molecule has 0 amide bonds. The number of thiazole rings is 1. The maximum Gasteiger partial charge on any atom is 0.0902 e. The van der Waals surface area contributed by atoms with Crippen molar-refractivity contribution < 1.29 is 4.74 Å². The maximum atomic E-state index is 5.87. The molecule has 1 aliphatic rings. The van der Waals surface area contributed by atoms with Crippen LogP contribution in [0.2, 0.25) is 0 Å². The van der Waals surface area contributed by atoms with Crippen LogP contribution in [0.4, 0.5) is 0 Å². The number of ether oxygens (including phenoxy) is 1. The third-order valence-electron chi connectivity index (χ3n) is 3.18. The zero-order chi connectivity index (χ0) is 12.3. The van der Waals surface area contributed by atoms with E-state index < -0.39 is 0 Å². The van der Waals surface area contributed by atoms with E-state index in [1.807, 2.05) is 5.51 Å². The van der Waals surface area contributed by atoms with Crippen molar-refractivity contribution in [1.82, 2.24) is 15.2 Å². The van der Waals surface area contributed by atoms with Crippen LogP contribution in [-0.4, -0.2) is 48.8 Å². The lowest BCUT2D eigenvalue weighted by molar-refractivity contribution is -0.0712. The lowest BCUT2D eigenvalue weighted by atomic mass is 10.0. The zero-order valence-corrected chi connectivity index (χ0v) is 11.6. The van der Waals surface area contributed by atoms with Gasteiger partial charge in [-0.05, 0) is 20.9 Å². The van der Waals surface area contributed by atoms with Crippen LogP contribution < -0.4 is 5.32 Å². The Bertz CT molecular complexity index is 362. The van der Waals surface area contributed by atoms with E-state index in [9.17, 15) is 0 Å². The van der Waals surface area contributed by atoms with Crippen LogP contribution >= 0.6 is 11.3 Å². The van der Waals surface area contributed by atoms with Gasteiger partial charge in [-0.3, -0.25) is 4.90 Å². The summed E-state index contributed by atoms with van der Waals surface area (Å²) in [6, 6.07) is 0. The largest absolute Gasteiger partial charge is 0.371 e. The van der Waals surface area contributed by atoms with Gasteiger partial charge in [0.2, 0.25) is 0 Å². The molecule has 1 aromatic heterocycles. The Kier molecular flexibility index (Phi) is 4.14. The maximum absolute atomic E-state index is 5.87. The van der Waals surface area contributed by atoms with Gasteiger partial charge in [-0.15, -0.1) is 11.3 Å². The summed E-state index contributed by atoms with van der Waals surface area (Å²) >= 11 is 1.73. The Hall–Kier alpha value is -0.490. The van der Waals surface area contributed by atoms with Crippen molar-refractivity contribution in [3.63, 3.8) is 0 Å². The lowest BCUT2D eigenvalue weighted by Crippen LogP contribution is -2.59. The number of rotatable bonds is 6. The van der Waals surface area contributed by atoms with E-state index in [-0.39, 0.29) is 5.60 Å². The van der Waals surface area contributed by atoms with Crippen molar-refractivity contribution in [2.24, 2.45) is 0 Å². The van der Waals surface area contributed by atoms with Crippen LogP contribution in [0, 0.1) is 6.92 Å². The minimum absolute atomic E-state index is 0.0707. The number of likely N-dealkylation sites (N-methyl/N-ethyl adjacent to an activating group) is 1. The van der Waals surface area contributed by atoms with E-state index >= 15 is 0 Å². The molecule has 1 aliphatic heterocycles. The summed E-state index contributed by atoms with van der Waals surface area (Å²) in [5.74, 6) is 0. The SMILES string of the molecule is Cc1ncsc1CN(C)CCOC1(C)CNC1. The van der Waals surface area contributed by atoms with Crippen molar-refractivity contribution in [2.75, 3.05) is 33.3 Å². The van der Waals surface area contributed by atoms with Crippen LogP contribution in [0.3, 0.4) is 0 Å². The highest BCUT2D eigenvalue weighted by Crippen LogP contribution is 2.16. The number of aromatic nitrogens is 1. The normalized spacial score (nSPS) is 18.4. The van der Waals surface area contributed by atoms with Gasteiger partial charge in [0, 0.05) is 31.1 Å². The van der Waals surface area contributed by atoms with E-state index in [0.29, 0.717) is 0 Å². The summed E-state index contributed by atoms with van der Waals surface area (Å²) in [7, 11) is 2.13. The number of nitrogens with zero attached hydrogens (tertiary/aromatic N) is 2. The van der Waals surface area contributed by atoms with Crippen molar-refractivity contribution in [3.8, 4) is 0 Å². The molecule has 1 fully saturated rings. The van der Waals surface area contributed by atoms with Gasteiger partial charge in [0.25, 0.3) is 0 Å². The number of aryl methyl sites for hydroxylation is 1. The predicted molar refractivity (Wildman–Crippen MR) is 70.4 cm³/mol. The van der Waals surface area contributed by atoms with Gasteiger partial charge in [0.1, 0.15) is 0 Å². The summed E-state index contributed by atoms with van der Waals surface area (Å²) in [5, 5.41) is 3.24. The van der Waals surface area contributed by atoms with Gasteiger partial charge in [-0.1, -0.05) is 0 Å². The molecule has 5 heteroatoms. The summed E-state index contributed by atoms with van der Waals surface area (Å²) in [5.41, 5.74) is 3.13. The summed E-state index contributed by atoms with van der Waals surface area (Å²) < 4.78 is 5.87. The van der Waals surface area contributed by atoms with Gasteiger partial charge < -0.3 is 10.1 Å². The van der Waals surface area contributed by atoms with Crippen LogP contribution in [0.5, 0.6) is 0 Å². The molecule has 2 heterocycles. The molecule has 0 unspecified atom stereocenters. The van der Waals surface area contributed by atoms with E-state index in [1.54, 1.807) is 11.3 Å². The third kappa shape index (κ3) is 3.48. The monoisotopic (exact) mass is 255 g/mol. The van der Waals surface area contributed by atoms with Gasteiger partial charge in [-0.25, -0.2) is 4.98 Å². The van der Waals surface area contributed by atoms with Crippen LogP contribution in [0.15, 0.2) is 5.51 Å². The summed E-state index contributed by atoms with van der Waals surface area (Å²) in [6.07, 6.45) is 0. The summed E-state index contributed by atoms with van der Waals surface area (Å²) in [6.45, 7) is 8.91. The zero-order valence-electron chi connectivity index (χ0n) is 10.8.